The Morgan fingerprint density at radius 3 is 2.56 bits per heavy atom. The maximum absolute atomic E-state index is 12.4. The zero-order chi connectivity index (χ0) is 22.9. The van der Waals surface area contributed by atoms with E-state index in [9.17, 15) is 9.59 Å². The van der Waals surface area contributed by atoms with Crippen LogP contribution in [0.25, 0.3) is 0 Å². The quantitative estimate of drug-likeness (QED) is 0.455. The lowest BCUT2D eigenvalue weighted by Gasteiger charge is -2.11. The predicted octanol–water partition coefficient (Wildman–Crippen LogP) is 4.46. The molecule has 1 aromatic heterocycles. The molecule has 0 saturated heterocycles. The molecule has 1 amide bonds. The van der Waals surface area contributed by atoms with Gasteiger partial charge in [0.25, 0.3) is 0 Å². The third kappa shape index (κ3) is 6.81. The number of aryl methyl sites for hydroxylation is 2. The molecule has 32 heavy (non-hydrogen) atoms. The normalized spacial score (nSPS) is 10.5. The van der Waals surface area contributed by atoms with Gasteiger partial charge >= 0.3 is 5.97 Å². The Morgan fingerprint density at radius 2 is 1.81 bits per heavy atom. The number of hydrogen-bond donors (Lipinski definition) is 1. The highest BCUT2D eigenvalue weighted by Gasteiger charge is 2.12. The van der Waals surface area contributed by atoms with Gasteiger partial charge in [-0.05, 0) is 50.1 Å². The summed E-state index contributed by atoms with van der Waals surface area (Å²) in [5.74, 6) is 0.402. The maximum atomic E-state index is 12.4. The molecule has 3 aromatic rings. The number of hydrogen-bond acceptors (Lipinski definition) is 7. The van der Waals surface area contributed by atoms with Crippen molar-refractivity contribution in [2.45, 2.75) is 33.8 Å². The van der Waals surface area contributed by atoms with Gasteiger partial charge in [-0.25, -0.2) is 9.78 Å². The van der Waals surface area contributed by atoms with E-state index in [1.54, 1.807) is 23.6 Å². The number of nitrogens with zero attached hydrogens (tertiary/aromatic N) is 1. The molecule has 8 heteroatoms. The number of rotatable bonds is 10. The molecule has 0 aliphatic rings. The minimum absolute atomic E-state index is 0.0183. The van der Waals surface area contributed by atoms with Gasteiger partial charge in [-0.1, -0.05) is 24.3 Å². The second-order valence-corrected chi connectivity index (χ2v) is 8.05. The fourth-order valence-corrected chi connectivity index (χ4v) is 3.65. The van der Waals surface area contributed by atoms with E-state index in [0.717, 1.165) is 16.8 Å². The van der Waals surface area contributed by atoms with Crippen LogP contribution in [0.5, 0.6) is 11.5 Å². The van der Waals surface area contributed by atoms with E-state index in [1.807, 2.05) is 45.0 Å². The molecule has 0 radical (unpaired) electrons. The number of esters is 1. The highest BCUT2D eigenvalue weighted by atomic mass is 32.1. The summed E-state index contributed by atoms with van der Waals surface area (Å²) in [5, 5.41) is 5.35. The smallest absolute Gasteiger partial charge is 0.344 e. The van der Waals surface area contributed by atoms with Crippen LogP contribution in [0.2, 0.25) is 0 Å². The minimum atomic E-state index is -0.515. The first kappa shape index (κ1) is 23.3. The SMILES string of the molecule is CCOc1ccccc1OCC(=O)OCc1csc(CC(=O)Nc2cc(C)ccc2C)n1. The summed E-state index contributed by atoms with van der Waals surface area (Å²) >= 11 is 1.35. The number of carbonyl (C=O) groups is 2. The monoisotopic (exact) mass is 454 g/mol. The lowest BCUT2D eigenvalue weighted by Crippen LogP contribution is -2.16. The topological polar surface area (TPSA) is 86.8 Å². The molecule has 0 fully saturated rings. The van der Waals surface area contributed by atoms with Gasteiger partial charge in [0.1, 0.15) is 11.6 Å². The maximum Gasteiger partial charge on any atom is 0.344 e. The average Bonchev–Trinajstić information content (AvgIpc) is 3.21. The van der Waals surface area contributed by atoms with Crippen molar-refractivity contribution in [1.29, 1.82) is 0 Å². The molecule has 168 valence electrons. The number of aromatic nitrogens is 1. The number of nitrogens with one attached hydrogen (secondary N) is 1. The number of thiazole rings is 1. The van der Waals surface area contributed by atoms with Crippen LogP contribution in [0.1, 0.15) is 28.8 Å². The Hall–Kier alpha value is -3.39. The molecule has 1 heterocycles. The van der Waals surface area contributed by atoms with Gasteiger partial charge in [0.05, 0.1) is 18.7 Å². The van der Waals surface area contributed by atoms with Gasteiger partial charge in [0.2, 0.25) is 5.91 Å². The second-order valence-electron chi connectivity index (χ2n) is 7.11. The molecule has 0 spiro atoms. The van der Waals surface area contributed by atoms with Crippen molar-refractivity contribution in [3.63, 3.8) is 0 Å². The van der Waals surface area contributed by atoms with E-state index >= 15 is 0 Å². The summed E-state index contributed by atoms with van der Waals surface area (Å²) < 4.78 is 16.2. The van der Waals surface area contributed by atoms with E-state index < -0.39 is 5.97 Å². The van der Waals surface area contributed by atoms with Crippen LogP contribution in [0, 0.1) is 13.8 Å². The molecular weight excluding hydrogens is 428 g/mol. The van der Waals surface area contributed by atoms with Crippen LogP contribution in [0.3, 0.4) is 0 Å². The third-order valence-corrected chi connectivity index (χ3v) is 5.35. The van der Waals surface area contributed by atoms with Crippen molar-refractivity contribution >= 4 is 28.9 Å². The van der Waals surface area contributed by atoms with Crippen LogP contribution in [0.4, 0.5) is 5.69 Å². The first-order chi connectivity index (χ1) is 15.4. The fourth-order valence-electron chi connectivity index (χ4n) is 2.88. The lowest BCUT2D eigenvalue weighted by atomic mass is 10.1. The molecular formula is C24H26N2O5S. The highest BCUT2D eigenvalue weighted by Crippen LogP contribution is 2.26. The van der Waals surface area contributed by atoms with Crippen molar-refractivity contribution in [3.8, 4) is 11.5 Å². The molecule has 0 atom stereocenters. The summed E-state index contributed by atoms with van der Waals surface area (Å²) in [6, 6.07) is 13.1. The first-order valence-corrected chi connectivity index (χ1v) is 11.1. The Kier molecular flexibility index (Phi) is 8.21. The summed E-state index contributed by atoms with van der Waals surface area (Å²) in [5.41, 5.74) is 3.47. The van der Waals surface area contributed by atoms with Crippen molar-refractivity contribution in [1.82, 2.24) is 4.98 Å². The van der Waals surface area contributed by atoms with Crippen molar-refractivity contribution in [3.05, 3.63) is 69.7 Å². The Balaban J connectivity index is 1.45. The van der Waals surface area contributed by atoms with E-state index in [4.69, 9.17) is 14.2 Å². The second kappa shape index (κ2) is 11.3. The van der Waals surface area contributed by atoms with E-state index in [1.165, 1.54) is 11.3 Å². The number of anilines is 1. The fraction of sp³-hybridized carbons (Fsp3) is 0.292. The number of para-hydroxylation sites is 2. The number of ether oxygens (including phenoxy) is 3. The van der Waals surface area contributed by atoms with Crippen LogP contribution in [0.15, 0.2) is 47.8 Å². The number of benzene rings is 2. The lowest BCUT2D eigenvalue weighted by molar-refractivity contribution is -0.147. The van der Waals surface area contributed by atoms with Crippen molar-refractivity contribution in [2.75, 3.05) is 18.5 Å². The van der Waals surface area contributed by atoms with Gasteiger partial charge in [0, 0.05) is 11.1 Å². The summed E-state index contributed by atoms with van der Waals surface area (Å²) in [6.07, 6.45) is 0.156. The number of carbonyl (C=O) groups excluding carboxylic acids is 2. The number of amides is 1. The molecule has 0 saturated carbocycles. The van der Waals surface area contributed by atoms with Crippen LogP contribution in [-0.4, -0.2) is 30.1 Å². The van der Waals surface area contributed by atoms with Gasteiger partial charge in [-0.3, -0.25) is 4.79 Å². The molecule has 0 bridgehead atoms. The zero-order valence-electron chi connectivity index (χ0n) is 18.3. The van der Waals surface area contributed by atoms with Gasteiger partial charge in [-0.2, -0.15) is 0 Å². The first-order valence-electron chi connectivity index (χ1n) is 10.2. The average molecular weight is 455 g/mol. The molecule has 2 aromatic carbocycles. The van der Waals surface area contributed by atoms with Gasteiger partial charge in [0.15, 0.2) is 18.1 Å². The van der Waals surface area contributed by atoms with E-state index in [2.05, 4.69) is 10.3 Å². The molecule has 7 nitrogen and oxygen atoms in total. The van der Waals surface area contributed by atoms with Gasteiger partial charge < -0.3 is 19.5 Å². The van der Waals surface area contributed by atoms with Crippen LogP contribution in [-0.2, 0) is 27.4 Å². The van der Waals surface area contributed by atoms with Crippen LogP contribution < -0.4 is 14.8 Å². The molecule has 0 aliphatic heterocycles. The van der Waals surface area contributed by atoms with E-state index in [-0.39, 0.29) is 25.5 Å². The Morgan fingerprint density at radius 1 is 1.06 bits per heavy atom. The summed E-state index contributed by atoms with van der Waals surface area (Å²) in [6.45, 7) is 6.08. The third-order valence-electron chi connectivity index (χ3n) is 4.45. The zero-order valence-corrected chi connectivity index (χ0v) is 19.2. The molecule has 0 unspecified atom stereocenters. The van der Waals surface area contributed by atoms with Gasteiger partial charge in [-0.15, -0.1) is 11.3 Å². The minimum Gasteiger partial charge on any atom is -0.490 e. The summed E-state index contributed by atoms with van der Waals surface area (Å²) in [4.78, 5) is 28.8. The largest absolute Gasteiger partial charge is 0.490 e. The molecule has 3 rings (SSSR count). The van der Waals surface area contributed by atoms with Crippen LogP contribution >= 0.6 is 11.3 Å². The van der Waals surface area contributed by atoms with Crippen molar-refractivity contribution in [2.24, 2.45) is 0 Å². The molecule has 1 N–H and O–H groups in total. The Bertz CT molecular complexity index is 1080. The molecule has 0 aliphatic carbocycles. The standard InChI is InChI=1S/C24H26N2O5S/c1-4-29-20-7-5-6-8-21(20)30-14-24(28)31-13-18-15-32-23(25-18)12-22(27)26-19-11-16(2)9-10-17(19)3/h5-11,15H,4,12-14H2,1-3H3,(H,26,27). The highest BCUT2D eigenvalue weighted by molar-refractivity contribution is 7.09. The van der Waals surface area contributed by atoms with Crippen molar-refractivity contribution < 1.29 is 23.8 Å². The Labute approximate surface area is 191 Å². The predicted molar refractivity (Wildman–Crippen MR) is 123 cm³/mol. The van der Waals surface area contributed by atoms with E-state index in [0.29, 0.717) is 28.8 Å². The summed E-state index contributed by atoms with van der Waals surface area (Å²) in [7, 11) is 0.